The summed E-state index contributed by atoms with van der Waals surface area (Å²) in [5, 5.41) is 5.98. The molecule has 0 saturated carbocycles. The Hall–Kier alpha value is -1.65. The van der Waals surface area contributed by atoms with Crippen molar-refractivity contribution in [2.45, 2.75) is 25.8 Å². The van der Waals surface area contributed by atoms with E-state index in [1.165, 1.54) is 0 Å². The first-order chi connectivity index (χ1) is 7.24. The van der Waals surface area contributed by atoms with Crippen LogP contribution in [0.5, 0.6) is 0 Å². The lowest BCUT2D eigenvalue weighted by Gasteiger charge is -2.10. The Morgan fingerprint density at radius 2 is 2.27 bits per heavy atom. The van der Waals surface area contributed by atoms with Crippen molar-refractivity contribution in [3.05, 3.63) is 18.0 Å². The number of amides is 1. The molecule has 1 aliphatic heterocycles. The van der Waals surface area contributed by atoms with E-state index in [1.807, 2.05) is 6.92 Å². The van der Waals surface area contributed by atoms with Gasteiger partial charge in [0.1, 0.15) is 0 Å². The lowest BCUT2D eigenvalue weighted by molar-refractivity contribution is -0.119. The van der Waals surface area contributed by atoms with Crippen molar-refractivity contribution in [2.75, 3.05) is 11.9 Å². The number of rotatable bonds is 3. The van der Waals surface area contributed by atoms with Crippen LogP contribution in [0.1, 0.15) is 18.4 Å². The van der Waals surface area contributed by atoms with Crippen LogP contribution in [0.2, 0.25) is 0 Å². The van der Waals surface area contributed by atoms with Gasteiger partial charge in [0.25, 0.3) is 0 Å². The van der Waals surface area contributed by atoms with Crippen LogP contribution in [0, 0.1) is 6.92 Å². The first-order valence-corrected chi connectivity index (χ1v) is 5.06. The molecule has 2 heterocycles. The van der Waals surface area contributed by atoms with Crippen molar-refractivity contribution < 1.29 is 4.79 Å². The minimum absolute atomic E-state index is 0.131. The smallest absolute Gasteiger partial charge is 0.222 e. The second-order valence-corrected chi connectivity index (χ2v) is 3.77. The van der Waals surface area contributed by atoms with Gasteiger partial charge in [-0.3, -0.25) is 4.79 Å². The van der Waals surface area contributed by atoms with Gasteiger partial charge in [-0.15, -0.1) is 0 Å². The molecule has 2 N–H and O–H groups in total. The van der Waals surface area contributed by atoms with Crippen molar-refractivity contribution in [3.8, 4) is 0 Å². The summed E-state index contributed by atoms with van der Waals surface area (Å²) in [5.74, 6) is 0.744. The normalized spacial score (nSPS) is 20.1. The summed E-state index contributed by atoms with van der Waals surface area (Å²) < 4.78 is 0. The zero-order valence-electron chi connectivity index (χ0n) is 8.66. The largest absolute Gasteiger partial charge is 0.352 e. The number of carbonyl (C=O) groups excluding carboxylic acids is 1. The number of aryl methyl sites for hydroxylation is 1. The highest BCUT2D eigenvalue weighted by molar-refractivity contribution is 5.78. The maximum absolute atomic E-state index is 10.9. The quantitative estimate of drug-likeness (QED) is 0.754. The molecule has 0 bridgehead atoms. The monoisotopic (exact) mass is 206 g/mol. The molecule has 5 heteroatoms. The van der Waals surface area contributed by atoms with E-state index in [0.29, 0.717) is 18.9 Å². The Morgan fingerprint density at radius 3 is 2.87 bits per heavy atom. The van der Waals surface area contributed by atoms with Crippen LogP contribution in [-0.2, 0) is 4.79 Å². The van der Waals surface area contributed by atoms with E-state index in [1.54, 1.807) is 12.4 Å². The van der Waals surface area contributed by atoms with Crippen LogP contribution >= 0.6 is 0 Å². The Bertz CT molecular complexity index is 349. The van der Waals surface area contributed by atoms with Crippen LogP contribution in [-0.4, -0.2) is 28.5 Å². The highest BCUT2D eigenvalue weighted by Crippen LogP contribution is 2.07. The summed E-state index contributed by atoms with van der Waals surface area (Å²) in [4.78, 5) is 19.2. The van der Waals surface area contributed by atoms with Crippen LogP contribution in [0.4, 0.5) is 5.95 Å². The summed E-state index contributed by atoms with van der Waals surface area (Å²) in [6.45, 7) is 2.63. The van der Waals surface area contributed by atoms with Gasteiger partial charge in [-0.2, -0.15) is 0 Å². The summed E-state index contributed by atoms with van der Waals surface area (Å²) in [7, 11) is 0. The van der Waals surface area contributed by atoms with Gasteiger partial charge >= 0.3 is 0 Å². The van der Waals surface area contributed by atoms with Gasteiger partial charge in [0, 0.05) is 31.4 Å². The summed E-state index contributed by atoms with van der Waals surface area (Å²) in [6.07, 6.45) is 5.05. The minimum atomic E-state index is 0.131. The highest BCUT2D eigenvalue weighted by atomic mass is 16.1. The van der Waals surface area contributed by atoms with Crippen molar-refractivity contribution in [1.82, 2.24) is 15.3 Å². The van der Waals surface area contributed by atoms with E-state index in [4.69, 9.17) is 0 Å². The second-order valence-electron chi connectivity index (χ2n) is 3.77. The first-order valence-electron chi connectivity index (χ1n) is 5.06. The zero-order chi connectivity index (χ0) is 10.7. The van der Waals surface area contributed by atoms with Crippen LogP contribution in [0.25, 0.3) is 0 Å². The number of nitrogens with zero attached hydrogens (tertiary/aromatic N) is 2. The van der Waals surface area contributed by atoms with Gasteiger partial charge in [-0.05, 0) is 18.9 Å². The summed E-state index contributed by atoms with van der Waals surface area (Å²) in [5.41, 5.74) is 1.04. The molecule has 1 fully saturated rings. The van der Waals surface area contributed by atoms with Gasteiger partial charge in [-0.25, -0.2) is 9.97 Å². The molecule has 15 heavy (non-hydrogen) atoms. The molecule has 0 aliphatic carbocycles. The molecule has 1 atom stereocenters. The maximum atomic E-state index is 10.9. The Morgan fingerprint density at radius 1 is 1.53 bits per heavy atom. The summed E-state index contributed by atoms with van der Waals surface area (Å²) >= 11 is 0. The fraction of sp³-hybridized carbons (Fsp3) is 0.500. The lowest BCUT2D eigenvalue weighted by Crippen LogP contribution is -2.32. The molecule has 1 aromatic heterocycles. The van der Waals surface area contributed by atoms with Crippen molar-refractivity contribution >= 4 is 11.9 Å². The zero-order valence-corrected chi connectivity index (χ0v) is 8.66. The molecule has 2 rings (SSSR count). The van der Waals surface area contributed by atoms with E-state index in [0.717, 1.165) is 12.0 Å². The average Bonchev–Trinajstić information content (AvgIpc) is 2.64. The molecule has 1 saturated heterocycles. The number of carbonyl (C=O) groups is 1. The van der Waals surface area contributed by atoms with E-state index < -0.39 is 0 Å². The number of hydrogen-bond acceptors (Lipinski definition) is 4. The molecule has 5 nitrogen and oxygen atoms in total. The average molecular weight is 206 g/mol. The van der Waals surface area contributed by atoms with Gasteiger partial charge in [-0.1, -0.05) is 0 Å². The van der Waals surface area contributed by atoms with E-state index >= 15 is 0 Å². The van der Waals surface area contributed by atoms with Gasteiger partial charge < -0.3 is 10.6 Å². The van der Waals surface area contributed by atoms with Gasteiger partial charge in [0.05, 0.1) is 0 Å². The number of nitrogens with one attached hydrogen (secondary N) is 2. The van der Waals surface area contributed by atoms with Crippen molar-refractivity contribution in [2.24, 2.45) is 0 Å². The number of hydrogen-bond donors (Lipinski definition) is 2. The topological polar surface area (TPSA) is 66.9 Å². The molecular weight excluding hydrogens is 192 g/mol. The predicted molar refractivity (Wildman–Crippen MR) is 56.4 cm³/mol. The Labute approximate surface area is 88.3 Å². The van der Waals surface area contributed by atoms with Gasteiger partial charge in [0.2, 0.25) is 11.9 Å². The van der Waals surface area contributed by atoms with E-state index in [-0.39, 0.29) is 11.9 Å². The van der Waals surface area contributed by atoms with Crippen LogP contribution < -0.4 is 10.6 Å². The molecule has 0 spiro atoms. The molecule has 1 amide bonds. The third-order valence-corrected chi connectivity index (χ3v) is 2.37. The van der Waals surface area contributed by atoms with E-state index in [9.17, 15) is 4.79 Å². The number of aromatic nitrogens is 2. The molecule has 80 valence electrons. The molecule has 1 aliphatic rings. The van der Waals surface area contributed by atoms with Crippen molar-refractivity contribution in [1.29, 1.82) is 0 Å². The summed E-state index contributed by atoms with van der Waals surface area (Å²) in [6, 6.07) is 0.211. The number of anilines is 1. The third kappa shape index (κ3) is 2.65. The second kappa shape index (κ2) is 4.25. The third-order valence-electron chi connectivity index (χ3n) is 2.37. The molecule has 1 unspecified atom stereocenters. The minimum Gasteiger partial charge on any atom is -0.352 e. The molecule has 0 aromatic carbocycles. The maximum Gasteiger partial charge on any atom is 0.222 e. The first kappa shape index (κ1) is 9.89. The predicted octanol–water partition coefficient (Wildman–Crippen LogP) is 0.476. The Kier molecular flexibility index (Phi) is 2.80. The highest BCUT2D eigenvalue weighted by Gasteiger charge is 2.20. The SMILES string of the molecule is Cc1cnc(NCC2CCC(=O)N2)nc1. The fourth-order valence-corrected chi connectivity index (χ4v) is 1.53. The Balaban J connectivity index is 1.83. The van der Waals surface area contributed by atoms with Crippen molar-refractivity contribution in [3.63, 3.8) is 0 Å². The van der Waals surface area contributed by atoms with Crippen LogP contribution in [0.3, 0.4) is 0 Å². The fourth-order valence-electron chi connectivity index (χ4n) is 1.53. The van der Waals surface area contributed by atoms with Gasteiger partial charge in [0.15, 0.2) is 0 Å². The standard InChI is InChI=1S/C10H14N4O/c1-7-4-11-10(12-5-7)13-6-8-2-3-9(15)14-8/h4-5,8H,2-3,6H2,1H3,(H,14,15)(H,11,12,13). The molecule has 0 radical (unpaired) electrons. The van der Waals surface area contributed by atoms with E-state index in [2.05, 4.69) is 20.6 Å². The molecular formula is C10H14N4O. The lowest BCUT2D eigenvalue weighted by atomic mass is 10.2. The molecule has 1 aromatic rings. The van der Waals surface area contributed by atoms with Crippen LogP contribution in [0.15, 0.2) is 12.4 Å².